The number of alkyl halides is 1. The topological polar surface area (TPSA) is 30.2 Å². The van der Waals surface area contributed by atoms with Gasteiger partial charge in [-0.2, -0.15) is 0 Å². The van der Waals surface area contributed by atoms with E-state index in [1.54, 1.807) is 13.0 Å². The summed E-state index contributed by atoms with van der Waals surface area (Å²) in [6.45, 7) is 3.59. The molecule has 90 valence electrons. The monoisotopic (exact) mass is 270 g/mol. The molecule has 1 aromatic carbocycles. The van der Waals surface area contributed by atoms with Gasteiger partial charge in [-0.05, 0) is 37.6 Å². The lowest BCUT2D eigenvalue weighted by Crippen LogP contribution is -2.13. The van der Waals surface area contributed by atoms with Crippen LogP contribution in [-0.2, 0) is 11.2 Å². The summed E-state index contributed by atoms with van der Waals surface area (Å²) in [5, 5.41) is 1.11. The average Bonchev–Trinajstić information content (AvgIpc) is 2.56. The highest BCUT2D eigenvalue weighted by Crippen LogP contribution is 2.28. The third kappa shape index (κ3) is 2.48. The molecule has 0 aliphatic heterocycles. The molecule has 1 atom stereocenters. The van der Waals surface area contributed by atoms with E-state index in [9.17, 15) is 4.79 Å². The number of carbonyl (C=O) groups excluding carboxylic acids is 1. The summed E-state index contributed by atoms with van der Waals surface area (Å²) in [6.07, 6.45) is 0.225. The summed E-state index contributed by atoms with van der Waals surface area (Å²) in [5.74, 6) is 0.625. The first-order valence-corrected chi connectivity index (χ1v) is 6.15. The molecule has 0 N–H and O–H groups in total. The molecule has 4 heteroatoms. The highest BCUT2D eigenvalue weighted by molar-refractivity contribution is 6.31. The van der Waals surface area contributed by atoms with Gasteiger partial charge in [0.15, 0.2) is 5.78 Å². The minimum Gasteiger partial charge on any atom is -0.460 e. The van der Waals surface area contributed by atoms with E-state index in [2.05, 4.69) is 0 Å². The van der Waals surface area contributed by atoms with E-state index in [1.807, 2.05) is 19.1 Å². The van der Waals surface area contributed by atoms with Crippen molar-refractivity contribution in [3.8, 4) is 0 Å². The van der Waals surface area contributed by atoms with Crippen LogP contribution in [0.25, 0.3) is 11.0 Å². The van der Waals surface area contributed by atoms with E-state index in [-0.39, 0.29) is 12.2 Å². The van der Waals surface area contributed by atoms with Crippen LogP contribution in [0.4, 0.5) is 0 Å². The average molecular weight is 271 g/mol. The number of rotatable bonds is 3. The summed E-state index contributed by atoms with van der Waals surface area (Å²) in [5.41, 5.74) is 1.70. The number of Topliss-reactive ketones (excluding diaryl/α,β-unsaturated/α-hetero) is 1. The molecular weight excluding hydrogens is 259 g/mol. The fourth-order valence-electron chi connectivity index (χ4n) is 1.71. The Morgan fingerprint density at radius 1 is 1.47 bits per heavy atom. The predicted octanol–water partition coefficient (Wildman–Crippen LogP) is 4.13. The van der Waals surface area contributed by atoms with Gasteiger partial charge in [0.1, 0.15) is 11.3 Å². The van der Waals surface area contributed by atoms with Crippen LogP contribution in [0.15, 0.2) is 22.6 Å². The highest BCUT2D eigenvalue weighted by Gasteiger charge is 2.17. The maximum absolute atomic E-state index is 11.6. The molecule has 0 radical (unpaired) electrons. The molecule has 2 aromatic rings. The Balaban J connectivity index is 2.42. The summed E-state index contributed by atoms with van der Waals surface area (Å²) < 4.78 is 5.64. The van der Waals surface area contributed by atoms with Crippen molar-refractivity contribution in [1.29, 1.82) is 0 Å². The first-order valence-electron chi connectivity index (χ1n) is 5.33. The molecule has 0 bridgehead atoms. The number of hydrogen-bond donors (Lipinski definition) is 0. The smallest absolute Gasteiger partial charge is 0.157 e. The number of fused-ring (bicyclic) bond motifs is 1. The number of carbonyl (C=O) groups is 1. The minimum atomic E-state index is -0.494. The molecule has 0 saturated carbocycles. The zero-order valence-electron chi connectivity index (χ0n) is 9.59. The van der Waals surface area contributed by atoms with E-state index in [0.717, 1.165) is 16.5 Å². The van der Waals surface area contributed by atoms with E-state index < -0.39 is 5.38 Å². The summed E-state index contributed by atoms with van der Waals surface area (Å²) in [4.78, 5) is 11.6. The van der Waals surface area contributed by atoms with Crippen molar-refractivity contribution in [3.05, 3.63) is 34.5 Å². The van der Waals surface area contributed by atoms with Crippen molar-refractivity contribution in [1.82, 2.24) is 0 Å². The summed E-state index contributed by atoms with van der Waals surface area (Å²) in [7, 11) is 0. The Morgan fingerprint density at radius 3 is 2.82 bits per heavy atom. The van der Waals surface area contributed by atoms with Crippen LogP contribution in [-0.4, -0.2) is 11.2 Å². The van der Waals surface area contributed by atoms with Gasteiger partial charge in [-0.3, -0.25) is 4.79 Å². The minimum absolute atomic E-state index is 0.0417. The van der Waals surface area contributed by atoms with Gasteiger partial charge < -0.3 is 4.42 Å². The van der Waals surface area contributed by atoms with Gasteiger partial charge in [-0.1, -0.05) is 11.6 Å². The number of halogens is 2. The van der Waals surface area contributed by atoms with Crippen LogP contribution in [0.2, 0.25) is 5.02 Å². The van der Waals surface area contributed by atoms with Crippen molar-refractivity contribution in [2.24, 2.45) is 0 Å². The van der Waals surface area contributed by atoms with Gasteiger partial charge in [-0.15, -0.1) is 11.6 Å². The van der Waals surface area contributed by atoms with Crippen molar-refractivity contribution in [3.63, 3.8) is 0 Å². The second kappa shape index (κ2) is 4.71. The maximum Gasteiger partial charge on any atom is 0.157 e. The van der Waals surface area contributed by atoms with Crippen molar-refractivity contribution in [2.75, 3.05) is 0 Å². The quantitative estimate of drug-likeness (QED) is 0.785. The summed E-state index contributed by atoms with van der Waals surface area (Å²) in [6, 6.07) is 5.42. The molecule has 1 unspecified atom stereocenters. The number of ketones is 1. The number of aryl methyl sites for hydroxylation is 1. The standard InChI is InChI=1S/C13H12Cl2O2/c1-7-10-5-9(15)3-4-12(10)17-13(7)6-11(16)8(2)14/h3-5,8H,6H2,1-2H3. The normalized spacial score (nSPS) is 12.9. The molecule has 0 aliphatic rings. The molecule has 2 nitrogen and oxygen atoms in total. The zero-order chi connectivity index (χ0) is 12.6. The SMILES string of the molecule is Cc1c(CC(=O)C(C)Cl)oc2ccc(Cl)cc12. The second-order valence-corrected chi connectivity index (χ2v) is 5.14. The van der Waals surface area contributed by atoms with Crippen molar-refractivity contribution < 1.29 is 9.21 Å². The van der Waals surface area contributed by atoms with Gasteiger partial charge in [0.25, 0.3) is 0 Å². The van der Waals surface area contributed by atoms with Crippen LogP contribution >= 0.6 is 23.2 Å². The highest BCUT2D eigenvalue weighted by atomic mass is 35.5. The first-order chi connectivity index (χ1) is 7.99. The lowest BCUT2D eigenvalue weighted by atomic mass is 10.1. The Morgan fingerprint density at radius 2 is 2.18 bits per heavy atom. The van der Waals surface area contributed by atoms with Crippen LogP contribution in [0.5, 0.6) is 0 Å². The van der Waals surface area contributed by atoms with E-state index >= 15 is 0 Å². The van der Waals surface area contributed by atoms with Crippen LogP contribution in [0.1, 0.15) is 18.2 Å². The van der Waals surface area contributed by atoms with Gasteiger partial charge >= 0.3 is 0 Å². The molecular formula is C13H12Cl2O2. The van der Waals surface area contributed by atoms with E-state index in [4.69, 9.17) is 27.6 Å². The molecule has 1 heterocycles. The molecule has 0 aliphatic carbocycles. The van der Waals surface area contributed by atoms with E-state index in [1.165, 1.54) is 0 Å². The van der Waals surface area contributed by atoms with Crippen LogP contribution in [0, 0.1) is 6.92 Å². The Bertz CT molecular complexity index is 570. The number of hydrogen-bond acceptors (Lipinski definition) is 2. The van der Waals surface area contributed by atoms with Crippen molar-refractivity contribution >= 4 is 40.0 Å². The Hall–Kier alpha value is -0.990. The summed E-state index contributed by atoms with van der Waals surface area (Å²) >= 11 is 11.7. The fourth-order valence-corrected chi connectivity index (χ4v) is 1.96. The van der Waals surface area contributed by atoms with Gasteiger partial charge in [-0.25, -0.2) is 0 Å². The molecule has 0 spiro atoms. The van der Waals surface area contributed by atoms with E-state index in [0.29, 0.717) is 10.8 Å². The number of benzene rings is 1. The van der Waals surface area contributed by atoms with Gasteiger partial charge in [0, 0.05) is 10.4 Å². The molecule has 0 saturated heterocycles. The lowest BCUT2D eigenvalue weighted by Gasteiger charge is -2.00. The van der Waals surface area contributed by atoms with Crippen LogP contribution in [0.3, 0.4) is 0 Å². The fraction of sp³-hybridized carbons (Fsp3) is 0.308. The van der Waals surface area contributed by atoms with Crippen molar-refractivity contribution in [2.45, 2.75) is 25.6 Å². The number of furan rings is 1. The third-order valence-corrected chi connectivity index (χ3v) is 3.25. The third-order valence-electron chi connectivity index (χ3n) is 2.78. The second-order valence-electron chi connectivity index (χ2n) is 4.05. The lowest BCUT2D eigenvalue weighted by molar-refractivity contribution is -0.118. The first kappa shape index (κ1) is 12.5. The molecule has 2 rings (SSSR count). The maximum atomic E-state index is 11.6. The molecule has 17 heavy (non-hydrogen) atoms. The largest absolute Gasteiger partial charge is 0.460 e. The van der Waals surface area contributed by atoms with Gasteiger partial charge in [0.05, 0.1) is 11.8 Å². The molecule has 0 amide bonds. The van der Waals surface area contributed by atoms with Crippen LogP contribution < -0.4 is 0 Å². The molecule has 1 aromatic heterocycles. The zero-order valence-corrected chi connectivity index (χ0v) is 11.1. The Labute approximate surface area is 110 Å². The van der Waals surface area contributed by atoms with Gasteiger partial charge in [0.2, 0.25) is 0 Å². The Kier molecular flexibility index (Phi) is 3.45. The molecule has 0 fully saturated rings. The predicted molar refractivity (Wildman–Crippen MR) is 70.0 cm³/mol.